The Morgan fingerprint density at radius 2 is 2.27 bits per heavy atom. The second kappa shape index (κ2) is 3.39. The summed E-state index contributed by atoms with van der Waals surface area (Å²) in [5, 5.41) is 1.17. The Kier molecular flexibility index (Phi) is 2.14. The highest BCUT2D eigenvalue weighted by atomic mass is 32.2. The fourth-order valence-corrected chi connectivity index (χ4v) is 3.80. The molecule has 15 heavy (non-hydrogen) atoms. The van der Waals surface area contributed by atoms with Crippen molar-refractivity contribution < 1.29 is 0 Å². The third-order valence-corrected chi connectivity index (χ3v) is 4.56. The van der Waals surface area contributed by atoms with Crippen molar-refractivity contribution in [2.24, 2.45) is 0 Å². The van der Waals surface area contributed by atoms with E-state index in [0.29, 0.717) is 0 Å². The summed E-state index contributed by atoms with van der Waals surface area (Å²) in [7, 11) is 0. The van der Waals surface area contributed by atoms with Crippen molar-refractivity contribution in [1.82, 2.24) is 9.55 Å². The van der Waals surface area contributed by atoms with E-state index in [1.165, 1.54) is 26.2 Å². The maximum atomic E-state index is 4.67. The first-order valence-corrected chi connectivity index (χ1v) is 6.81. The molecule has 2 aromatic rings. The van der Waals surface area contributed by atoms with Gasteiger partial charge < -0.3 is 4.57 Å². The van der Waals surface area contributed by atoms with Crippen LogP contribution in [0, 0.1) is 13.8 Å². The summed E-state index contributed by atoms with van der Waals surface area (Å²) in [4.78, 5) is 7.40. The molecule has 0 saturated heterocycles. The summed E-state index contributed by atoms with van der Waals surface area (Å²) in [6.45, 7) is 5.43. The zero-order chi connectivity index (χ0) is 10.4. The Hall–Kier alpha value is -0.740. The van der Waals surface area contributed by atoms with E-state index in [4.69, 9.17) is 0 Å². The third-order valence-electron chi connectivity index (χ3n) is 2.62. The van der Waals surface area contributed by atoms with Crippen LogP contribution in [-0.4, -0.2) is 15.3 Å². The predicted octanol–water partition coefficient (Wildman–Crippen LogP) is 3.33. The molecule has 1 aliphatic rings. The van der Waals surface area contributed by atoms with Crippen molar-refractivity contribution >= 4 is 23.1 Å². The molecule has 0 aliphatic carbocycles. The number of imidazole rings is 1. The molecule has 1 aliphatic heterocycles. The standard InChI is InChI=1S/C11H12N2S2/c1-7-5-9(8(2)15-7)10-6-13-3-4-14-11(13)12-10/h5-6H,3-4H2,1-2H3. The number of aryl methyl sites for hydroxylation is 3. The SMILES string of the molecule is Cc1cc(-c2cn3c(n2)SCC3)c(C)s1. The number of thioether (sulfide) groups is 1. The number of thiophene rings is 1. The van der Waals surface area contributed by atoms with Crippen molar-refractivity contribution in [2.45, 2.75) is 25.5 Å². The van der Waals surface area contributed by atoms with Gasteiger partial charge in [0.2, 0.25) is 0 Å². The van der Waals surface area contributed by atoms with E-state index in [1.807, 2.05) is 23.1 Å². The lowest BCUT2D eigenvalue weighted by Crippen LogP contribution is -1.89. The highest BCUT2D eigenvalue weighted by Gasteiger charge is 2.16. The van der Waals surface area contributed by atoms with Gasteiger partial charge >= 0.3 is 0 Å². The van der Waals surface area contributed by atoms with Crippen LogP contribution in [0.5, 0.6) is 0 Å². The molecule has 0 amide bonds. The fraction of sp³-hybridized carbons (Fsp3) is 0.364. The predicted molar refractivity (Wildman–Crippen MR) is 65.7 cm³/mol. The van der Waals surface area contributed by atoms with Crippen LogP contribution in [0.15, 0.2) is 17.4 Å². The van der Waals surface area contributed by atoms with E-state index in [2.05, 4.69) is 35.7 Å². The van der Waals surface area contributed by atoms with Crippen LogP contribution in [-0.2, 0) is 6.54 Å². The molecule has 0 N–H and O–H groups in total. The number of aromatic nitrogens is 2. The van der Waals surface area contributed by atoms with Gasteiger partial charge in [-0.1, -0.05) is 11.8 Å². The van der Waals surface area contributed by atoms with E-state index < -0.39 is 0 Å². The van der Waals surface area contributed by atoms with Gasteiger partial charge in [-0.3, -0.25) is 0 Å². The van der Waals surface area contributed by atoms with Crippen LogP contribution in [0.3, 0.4) is 0 Å². The average Bonchev–Trinajstić information content (AvgIpc) is 2.77. The van der Waals surface area contributed by atoms with Gasteiger partial charge in [-0.05, 0) is 19.9 Å². The lowest BCUT2D eigenvalue weighted by Gasteiger charge is -1.93. The Bertz CT molecular complexity index is 489. The van der Waals surface area contributed by atoms with Crippen molar-refractivity contribution in [3.63, 3.8) is 0 Å². The summed E-state index contributed by atoms with van der Waals surface area (Å²) in [5.41, 5.74) is 2.44. The van der Waals surface area contributed by atoms with Gasteiger partial charge in [-0.25, -0.2) is 4.98 Å². The normalized spacial score (nSPS) is 14.5. The molecule has 0 aromatic carbocycles. The van der Waals surface area contributed by atoms with Crippen molar-refractivity contribution in [3.8, 4) is 11.3 Å². The molecule has 0 saturated carbocycles. The average molecular weight is 236 g/mol. The van der Waals surface area contributed by atoms with Gasteiger partial charge in [0.15, 0.2) is 5.16 Å². The number of hydrogen-bond donors (Lipinski definition) is 0. The largest absolute Gasteiger partial charge is 0.325 e. The minimum Gasteiger partial charge on any atom is -0.325 e. The van der Waals surface area contributed by atoms with Crippen LogP contribution in [0.4, 0.5) is 0 Å². The first kappa shape index (κ1) is 9.48. The highest BCUT2D eigenvalue weighted by Crippen LogP contribution is 2.33. The Balaban J connectivity index is 2.09. The minimum absolute atomic E-state index is 1.11. The maximum Gasteiger partial charge on any atom is 0.168 e. The van der Waals surface area contributed by atoms with E-state index in [1.54, 1.807) is 0 Å². The molecule has 2 aromatic heterocycles. The van der Waals surface area contributed by atoms with Crippen molar-refractivity contribution in [3.05, 3.63) is 22.0 Å². The molecule has 2 nitrogen and oxygen atoms in total. The van der Waals surface area contributed by atoms with E-state index in [0.717, 1.165) is 12.2 Å². The zero-order valence-electron chi connectivity index (χ0n) is 8.78. The maximum absolute atomic E-state index is 4.67. The Labute approximate surface area is 97.3 Å². The zero-order valence-corrected chi connectivity index (χ0v) is 10.4. The van der Waals surface area contributed by atoms with Crippen LogP contribution in [0.25, 0.3) is 11.3 Å². The molecule has 0 bridgehead atoms. The van der Waals surface area contributed by atoms with E-state index in [9.17, 15) is 0 Å². The molecule has 0 radical (unpaired) electrons. The van der Waals surface area contributed by atoms with Gasteiger partial charge in [0.05, 0.1) is 5.69 Å². The van der Waals surface area contributed by atoms with Crippen LogP contribution < -0.4 is 0 Å². The third kappa shape index (κ3) is 1.52. The molecular formula is C11H12N2S2. The number of nitrogens with zero attached hydrogens (tertiary/aromatic N) is 2. The topological polar surface area (TPSA) is 17.8 Å². The number of fused-ring (bicyclic) bond motifs is 1. The first-order valence-electron chi connectivity index (χ1n) is 5.01. The minimum atomic E-state index is 1.11. The summed E-state index contributed by atoms with van der Waals surface area (Å²) >= 11 is 3.70. The molecule has 0 spiro atoms. The molecule has 4 heteroatoms. The van der Waals surface area contributed by atoms with Gasteiger partial charge in [0.1, 0.15) is 0 Å². The number of hydrogen-bond acceptors (Lipinski definition) is 3. The Morgan fingerprint density at radius 1 is 1.40 bits per heavy atom. The smallest absolute Gasteiger partial charge is 0.168 e. The molecule has 78 valence electrons. The lowest BCUT2D eigenvalue weighted by molar-refractivity contribution is 0.719. The van der Waals surface area contributed by atoms with Crippen molar-refractivity contribution in [1.29, 1.82) is 0 Å². The lowest BCUT2D eigenvalue weighted by atomic mass is 10.2. The summed E-state index contributed by atoms with van der Waals surface area (Å²) < 4.78 is 2.26. The monoisotopic (exact) mass is 236 g/mol. The summed E-state index contributed by atoms with van der Waals surface area (Å²) in [5.74, 6) is 1.17. The molecular weight excluding hydrogens is 224 g/mol. The number of rotatable bonds is 1. The molecule has 0 fully saturated rings. The molecule has 0 atom stereocenters. The summed E-state index contributed by atoms with van der Waals surface area (Å²) in [6.07, 6.45) is 2.18. The van der Waals surface area contributed by atoms with Crippen LogP contribution in [0.2, 0.25) is 0 Å². The first-order chi connectivity index (χ1) is 7.24. The molecule has 3 heterocycles. The second-order valence-corrected chi connectivity index (χ2v) is 6.30. The fourth-order valence-electron chi connectivity index (χ4n) is 1.92. The highest BCUT2D eigenvalue weighted by molar-refractivity contribution is 7.99. The quantitative estimate of drug-likeness (QED) is 0.756. The van der Waals surface area contributed by atoms with E-state index in [-0.39, 0.29) is 0 Å². The van der Waals surface area contributed by atoms with Crippen LogP contribution >= 0.6 is 23.1 Å². The summed E-state index contributed by atoms with van der Waals surface area (Å²) in [6, 6.07) is 2.24. The Morgan fingerprint density at radius 3 is 2.93 bits per heavy atom. The van der Waals surface area contributed by atoms with Crippen molar-refractivity contribution in [2.75, 3.05) is 5.75 Å². The van der Waals surface area contributed by atoms with E-state index >= 15 is 0 Å². The van der Waals surface area contributed by atoms with Gasteiger partial charge in [0, 0.05) is 33.8 Å². The van der Waals surface area contributed by atoms with Gasteiger partial charge in [0.25, 0.3) is 0 Å². The van der Waals surface area contributed by atoms with Gasteiger partial charge in [-0.2, -0.15) is 0 Å². The van der Waals surface area contributed by atoms with Crippen LogP contribution in [0.1, 0.15) is 9.75 Å². The molecule has 0 unspecified atom stereocenters. The van der Waals surface area contributed by atoms with Gasteiger partial charge in [-0.15, -0.1) is 11.3 Å². The second-order valence-electron chi connectivity index (χ2n) is 3.78. The molecule has 3 rings (SSSR count).